The normalized spacial score (nSPS) is 18.3. The molecule has 1 fully saturated rings. The van der Waals surface area contributed by atoms with Gasteiger partial charge in [0.2, 0.25) is 11.8 Å². The van der Waals surface area contributed by atoms with Gasteiger partial charge >= 0.3 is 0 Å². The molecule has 2 aromatic carbocycles. The molecule has 0 aliphatic heterocycles. The van der Waals surface area contributed by atoms with Crippen LogP contribution < -0.4 is 5.32 Å². The van der Waals surface area contributed by atoms with Gasteiger partial charge in [-0.3, -0.25) is 9.59 Å². The van der Waals surface area contributed by atoms with Crippen molar-refractivity contribution >= 4 is 17.5 Å². The zero-order valence-electron chi connectivity index (χ0n) is 14.4. The number of amides is 2. The Balaban J connectivity index is 1.61. The van der Waals surface area contributed by atoms with Gasteiger partial charge in [0, 0.05) is 13.1 Å². The lowest BCUT2D eigenvalue weighted by molar-refractivity contribution is -0.134. The van der Waals surface area contributed by atoms with Gasteiger partial charge in [-0.15, -0.1) is 0 Å². The lowest BCUT2D eigenvalue weighted by atomic mass is 10.2. The summed E-state index contributed by atoms with van der Waals surface area (Å²) in [7, 11) is 0. The van der Waals surface area contributed by atoms with Gasteiger partial charge in [-0.05, 0) is 31.0 Å². The predicted octanol–water partition coefficient (Wildman–Crippen LogP) is 3.59. The fraction of sp³-hybridized carbons (Fsp3) is 0.300. The maximum Gasteiger partial charge on any atom is 0.228 e. The lowest BCUT2D eigenvalue weighted by Crippen LogP contribution is -2.33. The molecule has 3 rings (SSSR count). The summed E-state index contributed by atoms with van der Waals surface area (Å²) < 4.78 is 27.3. The molecule has 1 N–H and O–H groups in total. The van der Waals surface area contributed by atoms with E-state index in [1.807, 2.05) is 37.3 Å². The molecule has 1 aliphatic rings. The average molecular weight is 358 g/mol. The molecule has 0 bridgehead atoms. The summed E-state index contributed by atoms with van der Waals surface area (Å²) in [6.07, 6.45) is 0.395. The highest BCUT2D eigenvalue weighted by Gasteiger charge is 2.49. The number of para-hydroxylation sites is 1. The summed E-state index contributed by atoms with van der Waals surface area (Å²) in [5.41, 5.74) is 0.546. The van der Waals surface area contributed by atoms with Crippen molar-refractivity contribution in [3.63, 3.8) is 0 Å². The van der Waals surface area contributed by atoms with E-state index in [0.717, 1.165) is 17.7 Å². The number of halogens is 2. The number of hydrogen-bond acceptors (Lipinski definition) is 2. The molecule has 1 saturated carbocycles. The Morgan fingerprint density at radius 2 is 1.69 bits per heavy atom. The van der Waals surface area contributed by atoms with E-state index in [1.54, 1.807) is 4.90 Å². The van der Waals surface area contributed by atoms with Crippen LogP contribution in [0.3, 0.4) is 0 Å². The fourth-order valence-corrected chi connectivity index (χ4v) is 2.97. The first-order valence-corrected chi connectivity index (χ1v) is 8.58. The number of carbonyl (C=O) groups is 2. The largest absolute Gasteiger partial charge is 0.338 e. The molecule has 2 atom stereocenters. The van der Waals surface area contributed by atoms with Crippen molar-refractivity contribution in [1.82, 2.24) is 4.90 Å². The number of rotatable bonds is 6. The van der Waals surface area contributed by atoms with Gasteiger partial charge in [-0.1, -0.05) is 36.4 Å². The Bertz CT molecular complexity index is 790. The van der Waals surface area contributed by atoms with Crippen molar-refractivity contribution in [2.45, 2.75) is 19.9 Å². The Hall–Kier alpha value is -2.76. The molecule has 0 spiro atoms. The van der Waals surface area contributed by atoms with Crippen molar-refractivity contribution in [3.05, 3.63) is 65.7 Å². The van der Waals surface area contributed by atoms with Crippen LogP contribution >= 0.6 is 0 Å². The molecule has 136 valence electrons. The summed E-state index contributed by atoms with van der Waals surface area (Å²) in [5, 5.41) is 2.27. The van der Waals surface area contributed by atoms with E-state index < -0.39 is 35.1 Å². The fourth-order valence-electron chi connectivity index (χ4n) is 2.97. The number of hydrogen-bond donors (Lipinski definition) is 1. The van der Waals surface area contributed by atoms with Gasteiger partial charge in [0.25, 0.3) is 0 Å². The molecule has 0 heterocycles. The van der Waals surface area contributed by atoms with E-state index in [1.165, 1.54) is 6.07 Å². The van der Waals surface area contributed by atoms with E-state index in [9.17, 15) is 18.4 Å². The van der Waals surface area contributed by atoms with Gasteiger partial charge in [-0.25, -0.2) is 8.78 Å². The van der Waals surface area contributed by atoms with Crippen LogP contribution in [0.2, 0.25) is 0 Å². The first-order valence-electron chi connectivity index (χ1n) is 8.58. The third kappa shape index (κ3) is 3.90. The first kappa shape index (κ1) is 18.0. The summed E-state index contributed by atoms with van der Waals surface area (Å²) in [6.45, 7) is 2.89. The van der Waals surface area contributed by atoms with Crippen LogP contribution in [0.25, 0.3) is 0 Å². The van der Waals surface area contributed by atoms with Gasteiger partial charge in [0.15, 0.2) is 0 Å². The molecule has 6 heteroatoms. The topological polar surface area (TPSA) is 49.4 Å². The molecule has 2 amide bonds. The number of nitrogens with zero attached hydrogens (tertiary/aromatic N) is 1. The third-order valence-electron chi connectivity index (χ3n) is 4.57. The quantitative estimate of drug-likeness (QED) is 0.858. The highest BCUT2D eigenvalue weighted by Crippen LogP contribution is 2.41. The SMILES string of the molecule is CCN(Cc1ccccc1)C(=O)C1CC1C(=O)Nc1c(F)cccc1F. The second-order valence-electron chi connectivity index (χ2n) is 6.37. The minimum Gasteiger partial charge on any atom is -0.338 e. The number of benzene rings is 2. The van der Waals surface area contributed by atoms with Gasteiger partial charge in [0.1, 0.15) is 17.3 Å². The molecule has 0 radical (unpaired) electrons. The molecule has 0 aromatic heterocycles. The van der Waals surface area contributed by atoms with Crippen molar-refractivity contribution in [1.29, 1.82) is 0 Å². The summed E-state index contributed by atoms with van der Waals surface area (Å²) in [6, 6.07) is 13.0. The van der Waals surface area contributed by atoms with E-state index in [2.05, 4.69) is 5.32 Å². The summed E-state index contributed by atoms with van der Waals surface area (Å²) >= 11 is 0. The standard InChI is InChI=1S/C20H20F2N2O2/c1-2-24(12-13-7-4-3-5-8-13)20(26)15-11-14(15)19(25)23-18-16(21)9-6-10-17(18)22/h3-10,14-15H,2,11-12H2,1H3,(H,23,25). The summed E-state index contributed by atoms with van der Waals surface area (Å²) in [5.74, 6) is -3.28. The van der Waals surface area contributed by atoms with Crippen LogP contribution in [-0.4, -0.2) is 23.3 Å². The molecule has 2 unspecified atom stereocenters. The molecular weight excluding hydrogens is 338 g/mol. The van der Waals surface area contributed by atoms with Crippen LogP contribution in [0, 0.1) is 23.5 Å². The Morgan fingerprint density at radius 3 is 2.31 bits per heavy atom. The minimum atomic E-state index is -0.832. The Morgan fingerprint density at radius 1 is 1.04 bits per heavy atom. The van der Waals surface area contributed by atoms with E-state index in [4.69, 9.17) is 0 Å². The first-order chi connectivity index (χ1) is 12.5. The second kappa shape index (κ2) is 7.64. The van der Waals surface area contributed by atoms with E-state index in [0.29, 0.717) is 19.5 Å². The Kier molecular flexibility index (Phi) is 5.30. The molecule has 4 nitrogen and oxygen atoms in total. The zero-order chi connectivity index (χ0) is 18.7. The van der Waals surface area contributed by atoms with Crippen molar-refractivity contribution in [3.8, 4) is 0 Å². The predicted molar refractivity (Wildman–Crippen MR) is 94.1 cm³/mol. The maximum atomic E-state index is 13.6. The van der Waals surface area contributed by atoms with Crippen molar-refractivity contribution < 1.29 is 18.4 Å². The van der Waals surface area contributed by atoms with Crippen LogP contribution in [0.4, 0.5) is 14.5 Å². The maximum absolute atomic E-state index is 13.6. The van der Waals surface area contributed by atoms with Crippen molar-refractivity contribution in [2.75, 3.05) is 11.9 Å². The molecule has 0 saturated heterocycles. The molecule has 2 aromatic rings. The Labute approximate surface area is 150 Å². The van der Waals surface area contributed by atoms with Crippen LogP contribution in [0.1, 0.15) is 18.9 Å². The molecular formula is C20H20F2N2O2. The van der Waals surface area contributed by atoms with Crippen LogP contribution in [-0.2, 0) is 16.1 Å². The zero-order valence-corrected chi connectivity index (χ0v) is 14.4. The van der Waals surface area contributed by atoms with E-state index in [-0.39, 0.29) is 5.91 Å². The smallest absolute Gasteiger partial charge is 0.228 e. The van der Waals surface area contributed by atoms with Crippen molar-refractivity contribution in [2.24, 2.45) is 11.8 Å². The van der Waals surface area contributed by atoms with Crippen LogP contribution in [0.5, 0.6) is 0 Å². The third-order valence-corrected chi connectivity index (χ3v) is 4.57. The van der Waals surface area contributed by atoms with Gasteiger partial charge in [-0.2, -0.15) is 0 Å². The lowest BCUT2D eigenvalue weighted by Gasteiger charge is -2.21. The monoisotopic (exact) mass is 358 g/mol. The highest BCUT2D eigenvalue weighted by atomic mass is 19.1. The van der Waals surface area contributed by atoms with Gasteiger partial charge in [0.05, 0.1) is 11.8 Å². The highest BCUT2D eigenvalue weighted by molar-refractivity contribution is 5.99. The molecule has 1 aliphatic carbocycles. The van der Waals surface area contributed by atoms with Crippen LogP contribution in [0.15, 0.2) is 48.5 Å². The number of carbonyl (C=O) groups excluding carboxylic acids is 2. The number of nitrogens with one attached hydrogen (secondary N) is 1. The van der Waals surface area contributed by atoms with E-state index >= 15 is 0 Å². The number of anilines is 1. The summed E-state index contributed by atoms with van der Waals surface area (Å²) in [4.78, 5) is 26.6. The van der Waals surface area contributed by atoms with Gasteiger partial charge < -0.3 is 10.2 Å². The molecule has 26 heavy (non-hydrogen) atoms. The second-order valence-corrected chi connectivity index (χ2v) is 6.37. The average Bonchev–Trinajstić information content (AvgIpc) is 3.44. The minimum absolute atomic E-state index is 0.106.